The van der Waals surface area contributed by atoms with Crippen LogP contribution < -0.4 is 33.6 Å². The fraction of sp³-hybridized carbons (Fsp3) is 0.345. The highest BCUT2D eigenvalue weighted by atomic mass is 35.5. The minimum atomic E-state index is -2.24. The molecule has 7 heteroatoms. The Kier molecular flexibility index (Phi) is 9.86. The Bertz CT molecular complexity index is 996. The van der Waals surface area contributed by atoms with E-state index in [1.54, 1.807) is 0 Å². The zero-order chi connectivity index (χ0) is 24.4. The summed E-state index contributed by atoms with van der Waals surface area (Å²) in [4.78, 5) is 13.8. The highest BCUT2D eigenvalue weighted by molar-refractivity contribution is 7.96. The summed E-state index contributed by atoms with van der Waals surface area (Å²) in [5, 5.41) is 20.9. The average molecular weight is 528 g/mol. The van der Waals surface area contributed by atoms with Crippen molar-refractivity contribution in [3.63, 3.8) is 0 Å². The molecule has 0 saturated carbocycles. The highest BCUT2D eigenvalue weighted by Gasteiger charge is 2.48. The van der Waals surface area contributed by atoms with Crippen molar-refractivity contribution in [1.82, 2.24) is 10.4 Å². The van der Waals surface area contributed by atoms with E-state index < -0.39 is 18.3 Å². The summed E-state index contributed by atoms with van der Waals surface area (Å²) in [6, 6.07) is 31.3. The monoisotopic (exact) mass is 527 g/mol. The van der Waals surface area contributed by atoms with Gasteiger partial charge in [0.2, 0.25) is 0 Å². The van der Waals surface area contributed by atoms with E-state index in [0.717, 1.165) is 0 Å². The summed E-state index contributed by atoms with van der Waals surface area (Å²) in [6.07, 6.45) is 1.67. The fourth-order valence-electron chi connectivity index (χ4n) is 5.62. The quantitative estimate of drug-likeness (QED) is 0.481. The van der Waals surface area contributed by atoms with Crippen molar-refractivity contribution in [3.05, 3.63) is 96.2 Å². The Balaban J connectivity index is 0.00000228. The number of hydrogen-bond acceptors (Lipinski definition) is 3. The lowest BCUT2D eigenvalue weighted by Crippen LogP contribution is -3.00. The number of piperidine rings is 1. The van der Waals surface area contributed by atoms with Crippen LogP contribution in [0.3, 0.4) is 0 Å². The smallest absolute Gasteiger partial charge is 0.259 e. The SMILES string of the molecule is CC1(C)CC(NC(=O)C[P+](c2ccccc2)(c2ccccc2)c2ccccc2)CC(C)(C)N1[O-].O.[Cl-]. The van der Waals surface area contributed by atoms with Gasteiger partial charge in [0.1, 0.15) is 23.2 Å². The van der Waals surface area contributed by atoms with Gasteiger partial charge in [0, 0.05) is 17.1 Å². The van der Waals surface area contributed by atoms with E-state index in [4.69, 9.17) is 0 Å². The van der Waals surface area contributed by atoms with Gasteiger partial charge in [-0.05, 0) is 76.9 Å². The van der Waals surface area contributed by atoms with Crippen LogP contribution in [0.2, 0.25) is 0 Å². The molecule has 194 valence electrons. The van der Waals surface area contributed by atoms with Crippen molar-refractivity contribution in [2.45, 2.75) is 57.7 Å². The second kappa shape index (κ2) is 11.9. The molecule has 0 atom stereocenters. The molecule has 0 unspecified atom stereocenters. The molecular weight excluding hydrogens is 491 g/mol. The number of carbonyl (C=O) groups is 1. The summed E-state index contributed by atoms with van der Waals surface area (Å²) in [6.45, 7) is 7.87. The van der Waals surface area contributed by atoms with Gasteiger partial charge in [-0.3, -0.25) is 4.79 Å². The third-order valence-electron chi connectivity index (χ3n) is 6.93. The molecule has 1 amide bonds. The van der Waals surface area contributed by atoms with Gasteiger partial charge in [0.05, 0.1) is 0 Å². The summed E-state index contributed by atoms with van der Waals surface area (Å²) < 4.78 is 0. The predicted molar refractivity (Wildman–Crippen MR) is 148 cm³/mol. The van der Waals surface area contributed by atoms with E-state index in [0.29, 0.717) is 19.0 Å². The highest BCUT2D eigenvalue weighted by Crippen LogP contribution is 2.55. The van der Waals surface area contributed by atoms with Gasteiger partial charge in [0.15, 0.2) is 6.16 Å². The number of amides is 1. The third kappa shape index (κ3) is 5.99. The minimum Gasteiger partial charge on any atom is -1.00 e. The first-order valence-corrected chi connectivity index (χ1v) is 13.9. The molecule has 0 spiro atoms. The van der Waals surface area contributed by atoms with Crippen LogP contribution in [-0.2, 0) is 4.79 Å². The Morgan fingerprint density at radius 1 is 0.806 bits per heavy atom. The maximum absolute atomic E-state index is 13.8. The molecule has 3 aromatic carbocycles. The van der Waals surface area contributed by atoms with Gasteiger partial charge in [-0.2, -0.15) is 0 Å². The van der Waals surface area contributed by atoms with Crippen LogP contribution in [-0.4, -0.2) is 39.7 Å². The number of hydrogen-bond donors (Lipinski definition) is 1. The Morgan fingerprint density at radius 3 is 1.47 bits per heavy atom. The normalized spacial score (nSPS) is 17.4. The molecule has 1 aliphatic heterocycles. The molecule has 3 aromatic rings. The maximum Gasteiger partial charge on any atom is 0.259 e. The maximum atomic E-state index is 13.8. The van der Waals surface area contributed by atoms with Crippen LogP contribution in [0.15, 0.2) is 91.0 Å². The van der Waals surface area contributed by atoms with E-state index in [-0.39, 0.29) is 29.8 Å². The molecule has 0 radical (unpaired) electrons. The average Bonchev–Trinajstić information content (AvgIpc) is 2.82. The molecule has 5 nitrogen and oxygen atoms in total. The number of benzene rings is 3. The molecule has 1 heterocycles. The standard InChI is InChI=1S/C29H35N2O2P.ClH.H2O/c1-28(2)20-23(21-29(3,4)31(28)33)30-27(32)22-34(24-14-8-5-9-15-24,25-16-10-6-11-17-25)26-18-12-7-13-19-26;;/h5-19,23H,20-22H2,1-4H3,(H,30,32);1H;1H2/p-1. The van der Waals surface area contributed by atoms with Crippen molar-refractivity contribution < 1.29 is 22.7 Å². The van der Waals surface area contributed by atoms with Crippen LogP contribution in [0.5, 0.6) is 0 Å². The topological polar surface area (TPSA) is 86.9 Å². The molecule has 1 saturated heterocycles. The Labute approximate surface area is 221 Å². The number of rotatable bonds is 6. The Hall–Kier alpha value is -2.27. The van der Waals surface area contributed by atoms with Gasteiger partial charge >= 0.3 is 0 Å². The van der Waals surface area contributed by atoms with Gasteiger partial charge in [-0.25, -0.2) is 0 Å². The lowest BCUT2D eigenvalue weighted by Gasteiger charge is -2.60. The molecule has 1 fully saturated rings. The molecular formula is C29H37ClN2O3P-. The first kappa shape index (κ1) is 30.0. The molecule has 3 N–H and O–H groups in total. The van der Waals surface area contributed by atoms with E-state index in [1.807, 2.05) is 45.9 Å². The zero-order valence-corrected chi connectivity index (χ0v) is 23.1. The second-order valence-electron chi connectivity index (χ2n) is 10.6. The van der Waals surface area contributed by atoms with E-state index in [2.05, 4.69) is 78.1 Å². The number of nitrogens with zero attached hydrogens (tertiary/aromatic N) is 1. The molecule has 4 rings (SSSR count). The van der Waals surface area contributed by atoms with E-state index >= 15 is 0 Å². The van der Waals surface area contributed by atoms with Crippen molar-refractivity contribution in [1.29, 1.82) is 0 Å². The second-order valence-corrected chi connectivity index (χ2v) is 14.1. The van der Waals surface area contributed by atoms with Gasteiger partial charge in [0.25, 0.3) is 5.91 Å². The summed E-state index contributed by atoms with van der Waals surface area (Å²) in [5.74, 6) is 0.0424. The summed E-state index contributed by atoms with van der Waals surface area (Å²) >= 11 is 0. The molecule has 36 heavy (non-hydrogen) atoms. The molecule has 0 aromatic heterocycles. The third-order valence-corrected chi connectivity index (χ3v) is 11.2. The summed E-state index contributed by atoms with van der Waals surface area (Å²) in [7, 11) is -2.24. The van der Waals surface area contributed by atoms with Crippen molar-refractivity contribution in [2.75, 3.05) is 6.16 Å². The van der Waals surface area contributed by atoms with Crippen molar-refractivity contribution in [3.8, 4) is 0 Å². The van der Waals surface area contributed by atoms with E-state index in [1.165, 1.54) is 21.0 Å². The number of nitrogens with one attached hydrogen (secondary N) is 1. The molecule has 0 bridgehead atoms. The molecule has 1 aliphatic rings. The van der Waals surface area contributed by atoms with Gasteiger partial charge < -0.3 is 33.5 Å². The number of halogens is 1. The van der Waals surface area contributed by atoms with Gasteiger partial charge in [-0.15, -0.1) is 0 Å². The fourth-order valence-corrected chi connectivity index (χ4v) is 9.63. The number of carbonyl (C=O) groups excluding carboxylic acids is 1. The summed E-state index contributed by atoms with van der Waals surface area (Å²) in [5.41, 5.74) is -1.05. The number of hydroxylamine groups is 2. The van der Waals surface area contributed by atoms with Crippen LogP contribution in [0.25, 0.3) is 0 Å². The predicted octanol–water partition coefficient (Wildman–Crippen LogP) is 0.795. The lowest BCUT2D eigenvalue weighted by atomic mass is 9.79. The van der Waals surface area contributed by atoms with Crippen LogP contribution in [0, 0.1) is 5.21 Å². The van der Waals surface area contributed by atoms with Crippen molar-refractivity contribution >= 4 is 29.1 Å². The molecule has 0 aliphatic carbocycles. The van der Waals surface area contributed by atoms with Crippen LogP contribution in [0.1, 0.15) is 40.5 Å². The van der Waals surface area contributed by atoms with Crippen molar-refractivity contribution in [2.24, 2.45) is 0 Å². The Morgan fingerprint density at radius 2 is 1.14 bits per heavy atom. The largest absolute Gasteiger partial charge is 1.00 e. The van der Waals surface area contributed by atoms with E-state index in [9.17, 15) is 10.0 Å². The first-order valence-electron chi connectivity index (χ1n) is 12.0. The lowest BCUT2D eigenvalue weighted by molar-refractivity contribution is -0.120. The van der Waals surface area contributed by atoms with Crippen LogP contribution in [0.4, 0.5) is 0 Å². The van der Waals surface area contributed by atoms with Gasteiger partial charge in [-0.1, -0.05) is 54.6 Å². The van der Waals surface area contributed by atoms with Crippen LogP contribution >= 0.6 is 7.26 Å². The zero-order valence-electron chi connectivity index (χ0n) is 21.4. The first-order chi connectivity index (χ1) is 16.1. The minimum absolute atomic E-state index is 0.